The zero-order valence-corrected chi connectivity index (χ0v) is 10.1. The molecule has 0 aliphatic heterocycles. The number of amides is 3. The molecule has 0 saturated heterocycles. The number of nitrogens with zero attached hydrogens (tertiary/aromatic N) is 1. The lowest BCUT2D eigenvalue weighted by molar-refractivity contribution is -0.124. The first-order valence-electron chi connectivity index (χ1n) is 5.25. The molecule has 0 saturated carbocycles. The molecule has 18 heavy (non-hydrogen) atoms. The number of carbonyl (C=O) groups is 3. The van der Waals surface area contributed by atoms with Gasteiger partial charge in [-0.3, -0.25) is 14.9 Å². The van der Waals surface area contributed by atoms with E-state index in [0.29, 0.717) is 11.5 Å². The predicted molar refractivity (Wildman–Crippen MR) is 66.2 cm³/mol. The third-order valence-corrected chi connectivity index (χ3v) is 1.93. The Bertz CT molecular complexity index is 456. The first kappa shape index (κ1) is 13.6. The number of Topliss-reactive ketones (excluding diaryl/α,β-unsaturated/α-hetero) is 1. The monoisotopic (exact) mass is 250 g/mol. The summed E-state index contributed by atoms with van der Waals surface area (Å²) >= 11 is 0. The standard InChI is InChI=1S/C11H14N4O3/c1-7(16)5-10(17)14-8-3-4-9(13-6-8)15-11(18)12-2/h3-4,6H,5H2,1-2H3,(H,14,17)(H2,12,13,15,18). The first-order valence-corrected chi connectivity index (χ1v) is 5.25. The number of nitrogens with one attached hydrogen (secondary N) is 3. The van der Waals surface area contributed by atoms with Crippen LogP contribution >= 0.6 is 0 Å². The van der Waals surface area contributed by atoms with Crippen LogP contribution in [0.5, 0.6) is 0 Å². The van der Waals surface area contributed by atoms with E-state index in [4.69, 9.17) is 0 Å². The maximum absolute atomic E-state index is 11.3. The summed E-state index contributed by atoms with van der Waals surface area (Å²) in [6, 6.07) is 2.74. The molecule has 0 atom stereocenters. The smallest absolute Gasteiger partial charge is 0.320 e. The van der Waals surface area contributed by atoms with Crippen molar-refractivity contribution in [2.45, 2.75) is 13.3 Å². The van der Waals surface area contributed by atoms with E-state index in [1.54, 1.807) is 12.1 Å². The molecule has 1 heterocycles. The molecule has 7 heteroatoms. The van der Waals surface area contributed by atoms with Crippen molar-refractivity contribution in [2.75, 3.05) is 17.7 Å². The number of urea groups is 1. The van der Waals surface area contributed by atoms with Gasteiger partial charge in [0.05, 0.1) is 18.3 Å². The van der Waals surface area contributed by atoms with Crippen molar-refractivity contribution in [1.29, 1.82) is 0 Å². The lowest BCUT2D eigenvalue weighted by Gasteiger charge is -2.06. The van der Waals surface area contributed by atoms with Crippen molar-refractivity contribution < 1.29 is 14.4 Å². The van der Waals surface area contributed by atoms with Crippen LogP contribution in [0.15, 0.2) is 18.3 Å². The topological polar surface area (TPSA) is 100 Å². The fourth-order valence-electron chi connectivity index (χ4n) is 1.15. The summed E-state index contributed by atoms with van der Waals surface area (Å²) < 4.78 is 0. The van der Waals surface area contributed by atoms with Crippen LogP contribution in [-0.2, 0) is 9.59 Å². The molecule has 96 valence electrons. The van der Waals surface area contributed by atoms with Crippen molar-refractivity contribution in [3.8, 4) is 0 Å². The van der Waals surface area contributed by atoms with E-state index >= 15 is 0 Å². The Morgan fingerprint density at radius 3 is 2.44 bits per heavy atom. The van der Waals surface area contributed by atoms with Crippen LogP contribution in [0.25, 0.3) is 0 Å². The van der Waals surface area contributed by atoms with Crippen LogP contribution in [0.3, 0.4) is 0 Å². The van der Waals surface area contributed by atoms with E-state index in [1.807, 2.05) is 0 Å². The molecule has 0 aliphatic carbocycles. The van der Waals surface area contributed by atoms with Gasteiger partial charge in [-0.05, 0) is 19.1 Å². The lowest BCUT2D eigenvalue weighted by Crippen LogP contribution is -2.24. The highest BCUT2D eigenvalue weighted by Crippen LogP contribution is 2.09. The highest BCUT2D eigenvalue weighted by atomic mass is 16.2. The highest BCUT2D eigenvalue weighted by molar-refractivity contribution is 6.03. The molecule has 0 fully saturated rings. The van der Waals surface area contributed by atoms with E-state index in [2.05, 4.69) is 20.9 Å². The van der Waals surface area contributed by atoms with Gasteiger partial charge >= 0.3 is 6.03 Å². The molecule has 1 aromatic heterocycles. The van der Waals surface area contributed by atoms with Gasteiger partial charge in [0.2, 0.25) is 5.91 Å². The lowest BCUT2D eigenvalue weighted by atomic mass is 10.3. The van der Waals surface area contributed by atoms with E-state index in [-0.39, 0.29) is 18.2 Å². The number of hydrogen-bond donors (Lipinski definition) is 3. The predicted octanol–water partition coefficient (Wildman–Crippen LogP) is 0.750. The summed E-state index contributed by atoms with van der Waals surface area (Å²) in [7, 11) is 1.49. The molecule has 1 rings (SSSR count). The van der Waals surface area contributed by atoms with Crippen LogP contribution in [0.2, 0.25) is 0 Å². The average molecular weight is 250 g/mol. The zero-order valence-electron chi connectivity index (χ0n) is 10.1. The average Bonchev–Trinajstić information content (AvgIpc) is 2.30. The number of carbonyl (C=O) groups excluding carboxylic acids is 3. The van der Waals surface area contributed by atoms with Crippen molar-refractivity contribution in [1.82, 2.24) is 10.3 Å². The van der Waals surface area contributed by atoms with E-state index in [1.165, 1.54) is 20.2 Å². The quantitative estimate of drug-likeness (QED) is 0.686. The van der Waals surface area contributed by atoms with Crippen LogP contribution in [0.4, 0.5) is 16.3 Å². The van der Waals surface area contributed by atoms with Gasteiger partial charge in [-0.15, -0.1) is 0 Å². The van der Waals surface area contributed by atoms with Gasteiger partial charge in [-0.2, -0.15) is 0 Å². The van der Waals surface area contributed by atoms with Crippen molar-refractivity contribution in [2.24, 2.45) is 0 Å². The number of hydrogen-bond acceptors (Lipinski definition) is 4. The Balaban J connectivity index is 2.57. The molecule has 3 amide bonds. The Hall–Kier alpha value is -2.44. The van der Waals surface area contributed by atoms with Crippen LogP contribution in [-0.4, -0.2) is 29.8 Å². The van der Waals surface area contributed by atoms with Gasteiger partial charge < -0.3 is 10.6 Å². The summed E-state index contributed by atoms with van der Waals surface area (Å²) in [5.41, 5.74) is 0.462. The largest absolute Gasteiger partial charge is 0.341 e. The van der Waals surface area contributed by atoms with E-state index in [0.717, 1.165) is 0 Å². The van der Waals surface area contributed by atoms with Crippen LogP contribution in [0.1, 0.15) is 13.3 Å². The second-order valence-electron chi connectivity index (χ2n) is 3.56. The van der Waals surface area contributed by atoms with Crippen molar-refractivity contribution >= 4 is 29.2 Å². The summed E-state index contributed by atoms with van der Waals surface area (Å²) in [5, 5.41) is 7.38. The summed E-state index contributed by atoms with van der Waals surface area (Å²) in [4.78, 5) is 36.9. The second kappa shape index (κ2) is 6.33. The van der Waals surface area contributed by atoms with Crippen molar-refractivity contribution in [3.63, 3.8) is 0 Å². The van der Waals surface area contributed by atoms with E-state index < -0.39 is 5.91 Å². The Labute approximate surface area is 104 Å². The minimum absolute atomic E-state index is 0.168. The molecular formula is C11H14N4O3. The first-order chi connectivity index (χ1) is 8.51. The summed E-state index contributed by atoms with van der Waals surface area (Å²) in [6.07, 6.45) is 1.22. The molecule has 7 nitrogen and oxygen atoms in total. The van der Waals surface area contributed by atoms with Crippen molar-refractivity contribution in [3.05, 3.63) is 18.3 Å². The van der Waals surface area contributed by atoms with Gasteiger partial charge in [-0.25, -0.2) is 9.78 Å². The fourth-order valence-corrected chi connectivity index (χ4v) is 1.15. The molecule has 0 aliphatic rings. The molecule has 0 bridgehead atoms. The third-order valence-electron chi connectivity index (χ3n) is 1.93. The maximum Gasteiger partial charge on any atom is 0.320 e. The zero-order chi connectivity index (χ0) is 13.5. The van der Waals surface area contributed by atoms with Gasteiger partial charge in [0, 0.05) is 7.05 Å². The fraction of sp³-hybridized carbons (Fsp3) is 0.273. The normalized spacial score (nSPS) is 9.44. The molecular weight excluding hydrogens is 236 g/mol. The SMILES string of the molecule is CNC(=O)Nc1ccc(NC(=O)CC(C)=O)cn1. The molecule has 0 aromatic carbocycles. The number of aromatic nitrogens is 1. The summed E-state index contributed by atoms with van der Waals surface area (Å²) in [6.45, 7) is 1.34. The van der Waals surface area contributed by atoms with Gasteiger partial charge in [0.25, 0.3) is 0 Å². The Morgan fingerprint density at radius 1 is 1.22 bits per heavy atom. The minimum Gasteiger partial charge on any atom is -0.341 e. The Kier molecular flexibility index (Phi) is 4.79. The van der Waals surface area contributed by atoms with Gasteiger partial charge in [0.1, 0.15) is 11.6 Å². The maximum atomic E-state index is 11.3. The van der Waals surface area contributed by atoms with Crippen LogP contribution in [0, 0.1) is 0 Å². The van der Waals surface area contributed by atoms with E-state index in [9.17, 15) is 14.4 Å². The molecule has 0 radical (unpaired) electrons. The highest BCUT2D eigenvalue weighted by Gasteiger charge is 2.06. The van der Waals surface area contributed by atoms with Crippen LogP contribution < -0.4 is 16.0 Å². The molecule has 3 N–H and O–H groups in total. The Morgan fingerprint density at radius 2 is 1.94 bits per heavy atom. The van der Waals surface area contributed by atoms with Gasteiger partial charge in [-0.1, -0.05) is 0 Å². The second-order valence-corrected chi connectivity index (χ2v) is 3.56. The molecule has 1 aromatic rings. The number of anilines is 2. The molecule has 0 spiro atoms. The number of ketones is 1. The minimum atomic E-state index is -0.392. The third kappa shape index (κ3) is 4.60. The number of rotatable bonds is 4. The number of pyridine rings is 1. The summed E-state index contributed by atoms with van der Waals surface area (Å²) in [5.74, 6) is -0.242. The molecule has 0 unspecified atom stereocenters. The van der Waals surface area contributed by atoms with Gasteiger partial charge in [0.15, 0.2) is 0 Å².